The van der Waals surface area contributed by atoms with E-state index in [1.165, 1.54) is 21.8 Å². The molecule has 4 aromatic rings. The van der Waals surface area contributed by atoms with Gasteiger partial charge in [0.1, 0.15) is 11.5 Å². The fourth-order valence-electron chi connectivity index (χ4n) is 4.33. The van der Waals surface area contributed by atoms with E-state index in [0.29, 0.717) is 28.6 Å². The molecule has 0 bridgehead atoms. The zero-order valence-corrected chi connectivity index (χ0v) is 22.1. The number of benzene rings is 3. The van der Waals surface area contributed by atoms with Crippen LogP contribution in [-0.4, -0.2) is 28.4 Å². The molecule has 3 aromatic carbocycles. The number of carbonyl (C=O) groups excluding carboxylic acids is 2. The van der Waals surface area contributed by atoms with E-state index in [9.17, 15) is 14.7 Å². The fourth-order valence-corrected chi connectivity index (χ4v) is 5.81. The number of amides is 1. The molecule has 0 radical (unpaired) electrons. The number of fused-ring (bicyclic) bond motifs is 1. The van der Waals surface area contributed by atoms with Gasteiger partial charge >= 0.3 is 5.91 Å². The first-order chi connectivity index (χ1) is 17.4. The van der Waals surface area contributed by atoms with Gasteiger partial charge in [0.2, 0.25) is 0 Å². The van der Waals surface area contributed by atoms with Gasteiger partial charge in [-0.25, -0.2) is 4.98 Å². The maximum Gasteiger partial charge on any atom is 0.301 e. The molecule has 6 nitrogen and oxygen atoms in total. The van der Waals surface area contributed by atoms with Gasteiger partial charge in [0.05, 0.1) is 28.4 Å². The topological polar surface area (TPSA) is 79.7 Å². The van der Waals surface area contributed by atoms with Crippen molar-refractivity contribution in [3.8, 4) is 5.75 Å². The zero-order valence-electron chi connectivity index (χ0n) is 19.7. The van der Waals surface area contributed by atoms with E-state index in [2.05, 4.69) is 28.9 Å². The van der Waals surface area contributed by atoms with Crippen molar-refractivity contribution in [1.29, 1.82) is 0 Å². The second-order valence-corrected chi connectivity index (χ2v) is 10.3. The molecular weight excluding hydrogens is 540 g/mol. The Morgan fingerprint density at radius 2 is 1.86 bits per heavy atom. The first-order valence-corrected chi connectivity index (χ1v) is 13.2. The number of aliphatic hydroxyl groups is 1. The molecule has 0 aliphatic carbocycles. The van der Waals surface area contributed by atoms with Gasteiger partial charge in [-0.15, -0.1) is 0 Å². The van der Waals surface area contributed by atoms with Gasteiger partial charge in [-0.05, 0) is 73.0 Å². The lowest BCUT2D eigenvalue weighted by Gasteiger charge is -2.23. The summed E-state index contributed by atoms with van der Waals surface area (Å²) >= 11 is 4.85. The summed E-state index contributed by atoms with van der Waals surface area (Å²) in [7, 11) is 0. The summed E-state index contributed by atoms with van der Waals surface area (Å²) in [6, 6.07) is 19.3. The van der Waals surface area contributed by atoms with Gasteiger partial charge in [-0.2, -0.15) is 0 Å². The molecule has 1 aromatic heterocycles. The second kappa shape index (κ2) is 9.87. The fraction of sp³-hybridized carbons (Fsp3) is 0.179. The van der Waals surface area contributed by atoms with Crippen LogP contribution in [0, 0.1) is 0 Å². The van der Waals surface area contributed by atoms with Crippen LogP contribution in [0.1, 0.15) is 36.6 Å². The predicted octanol–water partition coefficient (Wildman–Crippen LogP) is 6.65. The molecule has 182 valence electrons. The molecule has 0 spiro atoms. The van der Waals surface area contributed by atoms with E-state index in [4.69, 9.17) is 9.72 Å². The molecular formula is C28H23BrN2O4S. The number of aliphatic hydroxyl groups excluding tert-OH is 1. The van der Waals surface area contributed by atoms with Crippen LogP contribution >= 0.6 is 27.3 Å². The van der Waals surface area contributed by atoms with E-state index < -0.39 is 17.7 Å². The number of thiazole rings is 1. The standard InChI is InChI=1S/C28H23BrN2O4S/c1-3-16-8-13-21-22(14-16)36-28(30-21)31-24(18-6-5-7-19(29)15-18)23(26(33)27(31)34)25(32)17-9-11-20(12-10-17)35-4-2/h5-15,24,32H,3-4H2,1-2H3/t24-/m1/s1. The summed E-state index contributed by atoms with van der Waals surface area (Å²) in [6.07, 6.45) is 0.883. The number of hydrogen-bond donors (Lipinski definition) is 1. The molecule has 1 fully saturated rings. The van der Waals surface area contributed by atoms with Crippen molar-refractivity contribution >= 4 is 60.1 Å². The lowest BCUT2D eigenvalue weighted by Crippen LogP contribution is -2.29. The van der Waals surface area contributed by atoms with Crippen molar-refractivity contribution in [3.05, 3.63) is 93.5 Å². The maximum atomic E-state index is 13.4. The Labute approximate surface area is 221 Å². The number of ether oxygens (including phenoxy) is 1. The van der Waals surface area contributed by atoms with Gasteiger partial charge < -0.3 is 9.84 Å². The largest absolute Gasteiger partial charge is 0.507 e. The number of nitrogens with zero attached hydrogens (tertiary/aromatic N) is 2. The molecule has 5 rings (SSSR count). The molecule has 1 aliphatic rings. The minimum Gasteiger partial charge on any atom is -0.507 e. The highest BCUT2D eigenvalue weighted by molar-refractivity contribution is 9.10. The Hall–Kier alpha value is -3.49. The average Bonchev–Trinajstić information content (AvgIpc) is 3.42. The van der Waals surface area contributed by atoms with Crippen LogP contribution < -0.4 is 9.64 Å². The smallest absolute Gasteiger partial charge is 0.301 e. The van der Waals surface area contributed by atoms with Crippen molar-refractivity contribution in [2.75, 3.05) is 11.5 Å². The SMILES string of the molecule is CCOc1ccc(C(O)=C2C(=O)C(=O)N(c3nc4ccc(CC)cc4s3)[C@@H]2c2cccc(Br)c2)cc1. The lowest BCUT2D eigenvalue weighted by atomic mass is 9.95. The minimum absolute atomic E-state index is 0.0239. The quantitative estimate of drug-likeness (QED) is 0.162. The Morgan fingerprint density at radius 1 is 1.08 bits per heavy atom. The molecule has 8 heteroatoms. The van der Waals surface area contributed by atoms with Crippen molar-refractivity contribution in [2.24, 2.45) is 0 Å². The van der Waals surface area contributed by atoms with Crippen LogP contribution in [-0.2, 0) is 16.0 Å². The number of aryl methyl sites for hydroxylation is 1. The van der Waals surface area contributed by atoms with Crippen LogP contribution in [0.2, 0.25) is 0 Å². The van der Waals surface area contributed by atoms with E-state index in [0.717, 1.165) is 21.1 Å². The first-order valence-electron chi connectivity index (χ1n) is 11.6. The third-order valence-corrected chi connectivity index (χ3v) is 7.61. The molecule has 1 saturated heterocycles. The van der Waals surface area contributed by atoms with Crippen molar-refractivity contribution in [2.45, 2.75) is 26.3 Å². The third kappa shape index (κ3) is 4.31. The Kier molecular flexibility index (Phi) is 6.64. The number of ketones is 1. The summed E-state index contributed by atoms with van der Waals surface area (Å²) in [5.74, 6) is -1.06. The molecule has 1 atom stereocenters. The molecule has 1 N–H and O–H groups in total. The normalized spacial score (nSPS) is 17.2. The molecule has 0 unspecified atom stereocenters. The second-order valence-electron chi connectivity index (χ2n) is 8.33. The highest BCUT2D eigenvalue weighted by Gasteiger charge is 2.48. The van der Waals surface area contributed by atoms with Crippen LogP contribution in [0.4, 0.5) is 5.13 Å². The molecule has 36 heavy (non-hydrogen) atoms. The summed E-state index contributed by atoms with van der Waals surface area (Å²) in [5.41, 5.74) is 3.06. The number of halogens is 1. The van der Waals surface area contributed by atoms with E-state index in [1.807, 2.05) is 43.3 Å². The molecule has 1 aliphatic heterocycles. The highest BCUT2D eigenvalue weighted by Crippen LogP contribution is 2.44. The number of carbonyl (C=O) groups is 2. The predicted molar refractivity (Wildman–Crippen MR) is 146 cm³/mol. The first kappa shape index (κ1) is 24.2. The lowest BCUT2D eigenvalue weighted by molar-refractivity contribution is -0.132. The monoisotopic (exact) mass is 562 g/mol. The van der Waals surface area contributed by atoms with Crippen LogP contribution in [0.3, 0.4) is 0 Å². The van der Waals surface area contributed by atoms with E-state index >= 15 is 0 Å². The van der Waals surface area contributed by atoms with Gasteiger partial charge in [-0.3, -0.25) is 14.5 Å². The number of Topliss-reactive ketones (excluding diaryl/α,β-unsaturated/α-hetero) is 1. The zero-order chi connectivity index (χ0) is 25.4. The van der Waals surface area contributed by atoms with Crippen LogP contribution in [0.15, 0.2) is 76.8 Å². The summed E-state index contributed by atoms with van der Waals surface area (Å²) in [5, 5.41) is 11.7. The van der Waals surface area contributed by atoms with Gasteiger partial charge in [0, 0.05) is 10.0 Å². The van der Waals surface area contributed by atoms with Gasteiger partial charge in [0.15, 0.2) is 5.13 Å². The third-order valence-electron chi connectivity index (χ3n) is 6.10. The number of hydrogen-bond acceptors (Lipinski definition) is 6. The minimum atomic E-state index is -0.833. The van der Waals surface area contributed by atoms with Crippen molar-refractivity contribution < 1.29 is 19.4 Å². The molecule has 0 saturated carbocycles. The van der Waals surface area contributed by atoms with Crippen molar-refractivity contribution in [3.63, 3.8) is 0 Å². The highest BCUT2D eigenvalue weighted by atomic mass is 79.9. The van der Waals surface area contributed by atoms with Gasteiger partial charge in [0.25, 0.3) is 5.78 Å². The number of aromatic nitrogens is 1. The molecule has 1 amide bonds. The van der Waals surface area contributed by atoms with E-state index in [1.54, 1.807) is 24.3 Å². The Balaban J connectivity index is 1.68. The average molecular weight is 563 g/mol. The summed E-state index contributed by atoms with van der Waals surface area (Å²) in [6.45, 7) is 4.48. The molecule has 2 heterocycles. The Bertz CT molecular complexity index is 1510. The van der Waals surface area contributed by atoms with Crippen LogP contribution in [0.25, 0.3) is 16.0 Å². The summed E-state index contributed by atoms with van der Waals surface area (Å²) in [4.78, 5) is 32.9. The summed E-state index contributed by atoms with van der Waals surface area (Å²) < 4.78 is 7.22. The maximum absolute atomic E-state index is 13.4. The number of rotatable bonds is 6. The van der Waals surface area contributed by atoms with E-state index in [-0.39, 0.29) is 11.3 Å². The van der Waals surface area contributed by atoms with Crippen LogP contribution in [0.5, 0.6) is 5.75 Å². The number of anilines is 1. The van der Waals surface area contributed by atoms with Crippen molar-refractivity contribution in [1.82, 2.24) is 4.98 Å². The van der Waals surface area contributed by atoms with Gasteiger partial charge in [-0.1, -0.05) is 52.4 Å². The Morgan fingerprint density at radius 3 is 2.56 bits per heavy atom.